The lowest BCUT2D eigenvalue weighted by molar-refractivity contribution is 0.108. The summed E-state index contributed by atoms with van der Waals surface area (Å²) in [6.45, 7) is 5.38. The van der Waals surface area contributed by atoms with Crippen molar-refractivity contribution in [1.82, 2.24) is 19.8 Å². The Hall–Kier alpha value is -1.03. The van der Waals surface area contributed by atoms with Crippen molar-refractivity contribution in [2.24, 2.45) is 0 Å². The Morgan fingerprint density at radius 3 is 2.86 bits per heavy atom. The molecule has 1 aromatic rings. The van der Waals surface area contributed by atoms with Crippen molar-refractivity contribution in [2.45, 2.75) is 38.8 Å². The Labute approximate surface area is 131 Å². The van der Waals surface area contributed by atoms with Crippen LogP contribution in [0.4, 0.5) is 0 Å². The normalized spacial score (nSPS) is 23.2. The summed E-state index contributed by atoms with van der Waals surface area (Å²) in [5, 5.41) is 3.84. The highest BCUT2D eigenvalue weighted by Crippen LogP contribution is 2.32. The van der Waals surface area contributed by atoms with Gasteiger partial charge in [-0.25, -0.2) is 13.1 Å². The summed E-state index contributed by atoms with van der Waals surface area (Å²) in [7, 11) is -1.43. The molecule has 2 rings (SSSR count). The van der Waals surface area contributed by atoms with Crippen molar-refractivity contribution < 1.29 is 17.7 Å². The number of methoxy groups -OCH3 is 1. The van der Waals surface area contributed by atoms with Crippen LogP contribution in [0.2, 0.25) is 0 Å². The number of nitrogens with zero attached hydrogens (tertiary/aromatic N) is 3. The highest BCUT2D eigenvalue weighted by atomic mass is 32.2. The fraction of sp³-hybridized carbons (Fsp3) is 0.846. The molecule has 1 aliphatic rings. The number of aryl methyl sites for hydroxylation is 1. The average molecular weight is 332 g/mol. The van der Waals surface area contributed by atoms with Gasteiger partial charge in [-0.1, -0.05) is 5.16 Å². The second kappa shape index (κ2) is 7.49. The predicted octanol–water partition coefficient (Wildman–Crippen LogP) is 0.469. The van der Waals surface area contributed by atoms with Gasteiger partial charge in [-0.05, 0) is 26.7 Å². The lowest BCUT2D eigenvalue weighted by atomic mass is 10.2. The summed E-state index contributed by atoms with van der Waals surface area (Å²) in [6.07, 6.45) is 1.66. The third-order valence-electron chi connectivity index (χ3n) is 3.85. The van der Waals surface area contributed by atoms with Crippen LogP contribution in [-0.2, 0) is 14.8 Å². The quantitative estimate of drug-likeness (QED) is 0.691. The van der Waals surface area contributed by atoms with Gasteiger partial charge in [0.15, 0.2) is 5.82 Å². The molecule has 0 radical (unpaired) electrons. The molecule has 0 aliphatic carbocycles. The number of hydrogen-bond acceptors (Lipinski definition) is 7. The summed E-state index contributed by atoms with van der Waals surface area (Å²) in [5.41, 5.74) is 0. The number of nitrogens with one attached hydrogen (secondary N) is 1. The summed E-state index contributed by atoms with van der Waals surface area (Å²) >= 11 is 0. The first-order valence-corrected chi connectivity index (χ1v) is 9.14. The summed E-state index contributed by atoms with van der Waals surface area (Å²) in [4.78, 5) is 6.52. The highest BCUT2D eigenvalue weighted by Gasteiger charge is 2.36. The van der Waals surface area contributed by atoms with Gasteiger partial charge in [-0.3, -0.25) is 4.90 Å². The monoisotopic (exact) mass is 332 g/mol. The Bertz CT molecular complexity index is 574. The van der Waals surface area contributed by atoms with E-state index in [9.17, 15) is 8.42 Å². The van der Waals surface area contributed by atoms with Crippen LogP contribution >= 0.6 is 0 Å². The van der Waals surface area contributed by atoms with Crippen LogP contribution in [0.3, 0.4) is 0 Å². The molecule has 0 unspecified atom stereocenters. The number of aromatic nitrogens is 2. The smallest absolute Gasteiger partial charge is 0.244 e. The average Bonchev–Trinajstić information content (AvgIpc) is 3.09. The lowest BCUT2D eigenvalue weighted by Gasteiger charge is -2.21. The maximum atomic E-state index is 11.4. The number of rotatable bonds is 8. The van der Waals surface area contributed by atoms with Crippen molar-refractivity contribution in [3.63, 3.8) is 0 Å². The number of sulfonamides is 1. The number of likely N-dealkylation sites (tertiary alicyclic amines) is 1. The molecule has 0 aromatic carbocycles. The molecule has 22 heavy (non-hydrogen) atoms. The first kappa shape index (κ1) is 17.3. The summed E-state index contributed by atoms with van der Waals surface area (Å²) in [5.74, 6) is 1.32. The first-order valence-electron chi connectivity index (χ1n) is 7.49. The summed E-state index contributed by atoms with van der Waals surface area (Å²) in [6, 6.07) is 0.0360. The Kier molecular flexibility index (Phi) is 5.90. The van der Waals surface area contributed by atoms with Gasteiger partial charge >= 0.3 is 0 Å². The van der Waals surface area contributed by atoms with E-state index in [0.717, 1.165) is 25.9 Å². The second-order valence-electron chi connectivity index (χ2n) is 5.44. The molecule has 1 aliphatic heterocycles. The van der Waals surface area contributed by atoms with Gasteiger partial charge in [0.2, 0.25) is 15.9 Å². The van der Waals surface area contributed by atoms with Crippen LogP contribution in [0.25, 0.3) is 0 Å². The van der Waals surface area contributed by atoms with E-state index in [0.29, 0.717) is 18.3 Å². The lowest BCUT2D eigenvalue weighted by Crippen LogP contribution is -2.31. The van der Waals surface area contributed by atoms with Gasteiger partial charge in [0, 0.05) is 26.7 Å². The van der Waals surface area contributed by atoms with E-state index in [4.69, 9.17) is 9.26 Å². The molecule has 2 atom stereocenters. The first-order chi connectivity index (χ1) is 10.4. The van der Waals surface area contributed by atoms with Gasteiger partial charge in [0.05, 0.1) is 17.9 Å². The van der Waals surface area contributed by atoms with Crippen LogP contribution in [0.1, 0.15) is 37.5 Å². The van der Waals surface area contributed by atoms with Crippen molar-refractivity contribution in [3.05, 3.63) is 11.7 Å². The molecular formula is C13H24N4O4S. The van der Waals surface area contributed by atoms with Gasteiger partial charge in [-0.2, -0.15) is 4.98 Å². The molecule has 1 fully saturated rings. The maximum absolute atomic E-state index is 11.4. The Morgan fingerprint density at radius 2 is 2.27 bits per heavy atom. The molecule has 8 nitrogen and oxygen atoms in total. The molecule has 1 N–H and O–H groups in total. The molecule has 1 saturated heterocycles. The molecule has 1 aromatic heterocycles. The SMILES string of the molecule is CCS(=O)(=O)NCCCN1C[C@@H](OC)C[C@@H]1c1nc(C)no1. The Balaban J connectivity index is 1.90. The van der Waals surface area contributed by atoms with E-state index in [1.54, 1.807) is 21.0 Å². The largest absolute Gasteiger partial charge is 0.380 e. The van der Waals surface area contributed by atoms with Gasteiger partial charge in [0.1, 0.15) is 0 Å². The zero-order chi connectivity index (χ0) is 16.2. The topological polar surface area (TPSA) is 97.6 Å². The minimum Gasteiger partial charge on any atom is -0.380 e. The molecule has 2 heterocycles. The molecule has 126 valence electrons. The summed E-state index contributed by atoms with van der Waals surface area (Å²) < 4.78 is 36.1. The van der Waals surface area contributed by atoms with Gasteiger partial charge < -0.3 is 9.26 Å². The van der Waals surface area contributed by atoms with Crippen LogP contribution in [0.5, 0.6) is 0 Å². The third-order valence-corrected chi connectivity index (χ3v) is 5.25. The van der Waals surface area contributed by atoms with Crippen molar-refractivity contribution >= 4 is 10.0 Å². The molecular weight excluding hydrogens is 308 g/mol. The molecule has 0 amide bonds. The molecule has 0 saturated carbocycles. The van der Waals surface area contributed by atoms with E-state index in [2.05, 4.69) is 19.8 Å². The van der Waals surface area contributed by atoms with Crippen molar-refractivity contribution in [3.8, 4) is 0 Å². The second-order valence-corrected chi connectivity index (χ2v) is 7.53. The third kappa shape index (κ3) is 4.48. The molecule has 0 bridgehead atoms. The standard InChI is InChI=1S/C13H24N4O4S/c1-4-22(18,19)14-6-5-7-17-9-11(20-3)8-12(17)13-15-10(2)16-21-13/h11-12,14H,4-9H2,1-3H3/t11-,12+/m0/s1. The van der Waals surface area contributed by atoms with Gasteiger partial charge in [0.25, 0.3) is 0 Å². The van der Waals surface area contributed by atoms with Crippen molar-refractivity contribution in [1.29, 1.82) is 0 Å². The fourth-order valence-corrected chi connectivity index (χ4v) is 3.26. The van der Waals surface area contributed by atoms with E-state index in [1.165, 1.54) is 0 Å². The van der Waals surface area contributed by atoms with E-state index in [1.807, 2.05) is 0 Å². The van der Waals surface area contributed by atoms with Crippen molar-refractivity contribution in [2.75, 3.05) is 32.5 Å². The van der Waals surface area contributed by atoms with E-state index < -0.39 is 10.0 Å². The minimum atomic E-state index is -3.13. The molecule has 9 heteroatoms. The van der Waals surface area contributed by atoms with Crippen LogP contribution in [0.15, 0.2) is 4.52 Å². The minimum absolute atomic E-state index is 0.0360. The highest BCUT2D eigenvalue weighted by molar-refractivity contribution is 7.89. The van der Waals surface area contributed by atoms with Crippen LogP contribution in [-0.4, -0.2) is 62.1 Å². The van der Waals surface area contributed by atoms with Crippen LogP contribution < -0.4 is 4.72 Å². The Morgan fingerprint density at radius 1 is 1.50 bits per heavy atom. The maximum Gasteiger partial charge on any atom is 0.244 e. The predicted molar refractivity (Wildman–Crippen MR) is 80.8 cm³/mol. The number of ether oxygens (including phenoxy) is 1. The zero-order valence-electron chi connectivity index (χ0n) is 13.3. The number of hydrogen-bond donors (Lipinski definition) is 1. The van der Waals surface area contributed by atoms with Gasteiger partial charge in [-0.15, -0.1) is 0 Å². The fourth-order valence-electron chi connectivity index (χ4n) is 2.60. The zero-order valence-corrected chi connectivity index (χ0v) is 14.1. The molecule has 0 spiro atoms. The van der Waals surface area contributed by atoms with E-state index in [-0.39, 0.29) is 17.9 Å². The van der Waals surface area contributed by atoms with Crippen LogP contribution in [0, 0.1) is 6.92 Å². The van der Waals surface area contributed by atoms with E-state index >= 15 is 0 Å².